The molecule has 7 nitrogen and oxygen atoms in total. The van der Waals surface area contributed by atoms with Gasteiger partial charge in [0, 0.05) is 33.6 Å². The summed E-state index contributed by atoms with van der Waals surface area (Å²) in [5.41, 5.74) is 4.27. The summed E-state index contributed by atoms with van der Waals surface area (Å²) in [6.45, 7) is 7.84. The SMILES string of the molecule is CNCCOc1ccc(-c2nc(Nc3ncc(-c4cccs4)cc3C(=O)OC)sc2CC(C)C)cc1C. The van der Waals surface area contributed by atoms with Crippen LogP contribution in [-0.2, 0) is 11.2 Å². The van der Waals surface area contributed by atoms with Gasteiger partial charge in [-0.25, -0.2) is 14.8 Å². The molecule has 0 unspecified atom stereocenters. The second kappa shape index (κ2) is 12.3. The van der Waals surface area contributed by atoms with E-state index in [0.717, 1.165) is 46.0 Å². The first kappa shape index (κ1) is 26.8. The minimum Gasteiger partial charge on any atom is -0.492 e. The Hall–Kier alpha value is -3.27. The molecular formula is C28H32N4O3S2. The van der Waals surface area contributed by atoms with Crippen LogP contribution in [0, 0.1) is 12.8 Å². The highest BCUT2D eigenvalue weighted by Crippen LogP contribution is 2.37. The number of ether oxygens (including phenoxy) is 2. The number of thiophene rings is 1. The summed E-state index contributed by atoms with van der Waals surface area (Å²) in [7, 11) is 3.28. The molecule has 0 atom stereocenters. The standard InChI is InChI=1S/C28H32N4O3S2/c1-17(2)13-24-25(19-8-9-22(18(3)14-19)35-11-10-29-4)31-28(37-24)32-26-21(27(33)34-5)15-20(16-30-26)23-7-6-12-36-23/h6-9,12,14-17,29H,10-11,13H2,1-5H3,(H,30,31,32). The van der Waals surface area contributed by atoms with Crippen LogP contribution in [0.25, 0.3) is 21.7 Å². The molecule has 194 valence electrons. The third-order valence-corrected chi connectivity index (χ3v) is 7.59. The van der Waals surface area contributed by atoms with E-state index >= 15 is 0 Å². The maximum Gasteiger partial charge on any atom is 0.341 e. The maximum atomic E-state index is 12.6. The molecule has 9 heteroatoms. The fourth-order valence-electron chi connectivity index (χ4n) is 3.87. The fourth-order valence-corrected chi connectivity index (χ4v) is 5.77. The lowest BCUT2D eigenvalue weighted by Crippen LogP contribution is -2.16. The van der Waals surface area contributed by atoms with E-state index in [9.17, 15) is 4.79 Å². The molecule has 4 aromatic rings. The van der Waals surface area contributed by atoms with Crippen molar-refractivity contribution in [2.75, 3.05) is 32.6 Å². The highest BCUT2D eigenvalue weighted by atomic mass is 32.1. The summed E-state index contributed by atoms with van der Waals surface area (Å²) in [4.78, 5) is 24.3. The number of esters is 1. The Morgan fingerprint density at radius 1 is 1.16 bits per heavy atom. The third-order valence-electron chi connectivity index (χ3n) is 5.67. The summed E-state index contributed by atoms with van der Waals surface area (Å²) >= 11 is 3.18. The van der Waals surface area contributed by atoms with E-state index < -0.39 is 5.97 Å². The second-order valence-electron chi connectivity index (χ2n) is 9.04. The molecule has 0 aliphatic rings. The van der Waals surface area contributed by atoms with E-state index in [0.29, 0.717) is 29.0 Å². The van der Waals surface area contributed by atoms with Crippen LogP contribution in [0.1, 0.15) is 34.6 Å². The molecule has 37 heavy (non-hydrogen) atoms. The molecule has 3 heterocycles. The quantitative estimate of drug-likeness (QED) is 0.166. The Labute approximate surface area is 225 Å². The third kappa shape index (κ3) is 6.54. The molecule has 0 spiro atoms. The lowest BCUT2D eigenvalue weighted by Gasteiger charge is -2.11. The second-order valence-corrected chi connectivity index (χ2v) is 11.1. The number of pyridine rings is 1. The van der Waals surface area contributed by atoms with E-state index in [-0.39, 0.29) is 0 Å². The van der Waals surface area contributed by atoms with Crippen LogP contribution >= 0.6 is 22.7 Å². The number of rotatable bonds is 11. The van der Waals surface area contributed by atoms with Crippen molar-refractivity contribution >= 4 is 39.6 Å². The van der Waals surface area contributed by atoms with Crippen molar-refractivity contribution in [1.29, 1.82) is 0 Å². The average molecular weight is 537 g/mol. The largest absolute Gasteiger partial charge is 0.492 e. The first-order valence-corrected chi connectivity index (χ1v) is 13.9. The molecule has 0 saturated heterocycles. The fraction of sp³-hybridized carbons (Fsp3) is 0.321. The van der Waals surface area contributed by atoms with Gasteiger partial charge in [0.2, 0.25) is 0 Å². The summed E-state index contributed by atoms with van der Waals surface area (Å²) in [6.07, 6.45) is 2.66. The van der Waals surface area contributed by atoms with Crippen molar-refractivity contribution in [3.05, 3.63) is 64.0 Å². The molecule has 2 N–H and O–H groups in total. The number of aromatic nitrogens is 2. The number of likely N-dealkylation sites (N-methyl/N-ethyl adjacent to an activating group) is 1. The number of carbonyl (C=O) groups excluding carboxylic acids is 1. The van der Waals surface area contributed by atoms with E-state index in [4.69, 9.17) is 14.5 Å². The minimum absolute atomic E-state index is 0.370. The summed E-state index contributed by atoms with van der Waals surface area (Å²) in [5.74, 6) is 1.31. The van der Waals surface area contributed by atoms with Gasteiger partial charge in [0.25, 0.3) is 0 Å². The molecule has 3 aromatic heterocycles. The van der Waals surface area contributed by atoms with Crippen LogP contribution in [0.5, 0.6) is 5.75 Å². The van der Waals surface area contributed by atoms with Gasteiger partial charge in [-0.2, -0.15) is 0 Å². The normalized spacial score (nSPS) is 11.1. The first-order valence-electron chi connectivity index (χ1n) is 12.2. The average Bonchev–Trinajstić information content (AvgIpc) is 3.55. The Balaban J connectivity index is 1.67. The highest BCUT2D eigenvalue weighted by molar-refractivity contribution is 7.16. The zero-order valence-electron chi connectivity index (χ0n) is 21.8. The lowest BCUT2D eigenvalue weighted by atomic mass is 10.0. The van der Waals surface area contributed by atoms with Gasteiger partial charge in [-0.1, -0.05) is 19.9 Å². The molecule has 0 amide bonds. The van der Waals surface area contributed by atoms with Crippen LogP contribution in [0.15, 0.2) is 48.0 Å². The van der Waals surface area contributed by atoms with Crippen molar-refractivity contribution in [2.45, 2.75) is 27.2 Å². The molecule has 1 aromatic carbocycles. The van der Waals surface area contributed by atoms with Crippen LogP contribution in [-0.4, -0.2) is 43.2 Å². The van der Waals surface area contributed by atoms with Crippen LogP contribution < -0.4 is 15.4 Å². The van der Waals surface area contributed by atoms with Gasteiger partial charge in [0.05, 0.1) is 12.8 Å². The number of methoxy groups -OCH3 is 1. The van der Waals surface area contributed by atoms with Gasteiger partial charge in [0.15, 0.2) is 5.13 Å². The molecule has 0 aliphatic heterocycles. The minimum atomic E-state index is -0.447. The number of anilines is 2. The highest BCUT2D eigenvalue weighted by Gasteiger charge is 2.20. The molecule has 0 aliphatic carbocycles. The molecule has 0 fully saturated rings. The van der Waals surface area contributed by atoms with Gasteiger partial charge < -0.3 is 20.1 Å². The number of benzene rings is 1. The summed E-state index contributed by atoms with van der Waals surface area (Å²) in [5, 5.41) is 9.06. The van der Waals surface area contributed by atoms with Gasteiger partial charge in [-0.15, -0.1) is 22.7 Å². The first-order chi connectivity index (χ1) is 17.9. The monoisotopic (exact) mass is 536 g/mol. The van der Waals surface area contributed by atoms with Crippen molar-refractivity contribution in [1.82, 2.24) is 15.3 Å². The smallest absolute Gasteiger partial charge is 0.341 e. The van der Waals surface area contributed by atoms with Crippen molar-refractivity contribution < 1.29 is 14.3 Å². The number of nitrogens with one attached hydrogen (secondary N) is 2. The Bertz CT molecular complexity index is 1350. The molecule has 0 saturated carbocycles. The summed E-state index contributed by atoms with van der Waals surface area (Å²) in [6, 6.07) is 12.0. The number of nitrogens with zero attached hydrogens (tertiary/aromatic N) is 2. The maximum absolute atomic E-state index is 12.6. The molecular weight excluding hydrogens is 504 g/mol. The number of aryl methyl sites for hydroxylation is 1. The van der Waals surface area contributed by atoms with Gasteiger partial charge >= 0.3 is 5.97 Å². The van der Waals surface area contributed by atoms with E-state index in [1.807, 2.05) is 43.6 Å². The van der Waals surface area contributed by atoms with Gasteiger partial charge in [-0.05, 0) is 67.6 Å². The summed E-state index contributed by atoms with van der Waals surface area (Å²) < 4.78 is 10.9. The molecule has 4 rings (SSSR count). The van der Waals surface area contributed by atoms with Crippen LogP contribution in [0.4, 0.5) is 10.9 Å². The van der Waals surface area contributed by atoms with E-state index in [1.165, 1.54) is 12.0 Å². The van der Waals surface area contributed by atoms with Gasteiger partial charge in [-0.3, -0.25) is 0 Å². The van der Waals surface area contributed by atoms with Crippen molar-refractivity contribution in [2.24, 2.45) is 5.92 Å². The lowest BCUT2D eigenvalue weighted by molar-refractivity contribution is 0.0601. The van der Waals surface area contributed by atoms with E-state index in [2.05, 4.69) is 41.6 Å². The zero-order valence-corrected chi connectivity index (χ0v) is 23.4. The number of hydrogen-bond donors (Lipinski definition) is 2. The number of hydrogen-bond acceptors (Lipinski definition) is 9. The van der Waals surface area contributed by atoms with E-state index in [1.54, 1.807) is 28.9 Å². The van der Waals surface area contributed by atoms with Crippen molar-refractivity contribution in [3.8, 4) is 27.4 Å². The Morgan fingerprint density at radius 2 is 2.00 bits per heavy atom. The molecule has 0 bridgehead atoms. The predicted molar refractivity (Wildman–Crippen MR) is 152 cm³/mol. The van der Waals surface area contributed by atoms with Gasteiger partial charge in [0.1, 0.15) is 23.7 Å². The zero-order chi connectivity index (χ0) is 26.4. The Morgan fingerprint density at radius 3 is 2.68 bits per heavy atom. The topological polar surface area (TPSA) is 85.4 Å². The van der Waals surface area contributed by atoms with Crippen LogP contribution in [0.2, 0.25) is 0 Å². The Kier molecular flexibility index (Phi) is 8.91. The van der Waals surface area contributed by atoms with Crippen LogP contribution in [0.3, 0.4) is 0 Å². The number of thiazole rings is 1. The van der Waals surface area contributed by atoms with Crippen molar-refractivity contribution in [3.63, 3.8) is 0 Å². The predicted octanol–water partition coefficient (Wildman–Crippen LogP) is 6.57. The number of carbonyl (C=O) groups is 1. The molecule has 0 radical (unpaired) electrons.